The first kappa shape index (κ1) is 16.3. The molecule has 2 aliphatic heterocycles. The number of rotatable bonds is 4. The van der Waals surface area contributed by atoms with Crippen LogP contribution in [-0.4, -0.2) is 44.9 Å². The Morgan fingerprint density at radius 1 is 1.12 bits per heavy atom. The number of aromatic nitrogens is 2. The lowest BCUT2D eigenvalue weighted by Gasteiger charge is -2.25. The topological polar surface area (TPSA) is 41.4 Å². The van der Waals surface area contributed by atoms with Crippen LogP contribution in [0.4, 0.5) is 0 Å². The molecule has 5 heteroatoms. The fourth-order valence-corrected chi connectivity index (χ4v) is 4.09. The van der Waals surface area contributed by atoms with E-state index in [2.05, 4.69) is 23.1 Å². The van der Waals surface area contributed by atoms with Gasteiger partial charge in [0.15, 0.2) is 0 Å². The molecule has 1 atom stereocenters. The number of amides is 1. The van der Waals surface area contributed by atoms with Crippen LogP contribution in [-0.2, 0) is 13.6 Å². The highest BCUT2D eigenvalue weighted by atomic mass is 16.2. The fourth-order valence-electron chi connectivity index (χ4n) is 4.09. The van der Waals surface area contributed by atoms with Crippen LogP contribution < -0.4 is 0 Å². The van der Waals surface area contributed by atoms with Crippen molar-refractivity contribution in [2.75, 3.05) is 19.6 Å². The molecule has 2 aliphatic rings. The van der Waals surface area contributed by atoms with Gasteiger partial charge in [-0.15, -0.1) is 0 Å². The number of nitrogens with zero attached hydrogens (tertiary/aromatic N) is 4. The summed E-state index contributed by atoms with van der Waals surface area (Å²) in [5.41, 5.74) is 2.91. The van der Waals surface area contributed by atoms with Gasteiger partial charge in [0.05, 0.1) is 17.4 Å². The normalized spacial score (nSPS) is 21.2. The van der Waals surface area contributed by atoms with Crippen molar-refractivity contribution in [3.05, 3.63) is 53.6 Å². The number of aryl methyl sites for hydroxylation is 1. The Labute approximate surface area is 149 Å². The number of carbonyl (C=O) groups is 1. The summed E-state index contributed by atoms with van der Waals surface area (Å²) in [6, 6.07) is 10.2. The molecule has 0 radical (unpaired) electrons. The maximum Gasteiger partial charge on any atom is 0.271 e. The van der Waals surface area contributed by atoms with Gasteiger partial charge < -0.3 is 9.47 Å². The van der Waals surface area contributed by atoms with Crippen molar-refractivity contribution < 1.29 is 4.79 Å². The number of carbonyl (C=O) groups excluding carboxylic acids is 1. The van der Waals surface area contributed by atoms with Crippen LogP contribution in [0.3, 0.4) is 0 Å². The molecule has 0 spiro atoms. The lowest BCUT2D eigenvalue weighted by atomic mass is 10.1. The molecule has 2 aromatic heterocycles. The summed E-state index contributed by atoms with van der Waals surface area (Å²) in [6.45, 7) is 4.08. The van der Waals surface area contributed by atoms with E-state index >= 15 is 0 Å². The van der Waals surface area contributed by atoms with Crippen molar-refractivity contribution in [1.82, 2.24) is 19.4 Å². The van der Waals surface area contributed by atoms with Gasteiger partial charge in [0, 0.05) is 26.3 Å². The Kier molecular flexibility index (Phi) is 4.57. The summed E-state index contributed by atoms with van der Waals surface area (Å²) >= 11 is 0. The standard InChI is InChI=1S/C20H26N4O/c1-22-11-5-10-19(22)20(25)24-14-6-9-18(24)17-8-4-7-16(21-17)15-23-12-2-3-13-23/h4-5,7-8,10-11,18H,2-3,6,9,12-15H2,1H3. The summed E-state index contributed by atoms with van der Waals surface area (Å²) in [6.07, 6.45) is 6.55. The van der Waals surface area contributed by atoms with Crippen LogP contribution in [0.2, 0.25) is 0 Å². The molecule has 2 aromatic rings. The highest BCUT2D eigenvalue weighted by molar-refractivity contribution is 5.93. The minimum absolute atomic E-state index is 0.0981. The maximum absolute atomic E-state index is 12.9. The van der Waals surface area contributed by atoms with E-state index in [0.717, 1.165) is 43.0 Å². The van der Waals surface area contributed by atoms with Gasteiger partial charge in [0.1, 0.15) is 5.69 Å². The smallest absolute Gasteiger partial charge is 0.271 e. The number of hydrogen-bond donors (Lipinski definition) is 0. The van der Waals surface area contributed by atoms with Crippen LogP contribution in [0, 0.1) is 0 Å². The summed E-state index contributed by atoms with van der Waals surface area (Å²) in [5.74, 6) is 0.113. The molecule has 0 bridgehead atoms. The summed E-state index contributed by atoms with van der Waals surface area (Å²) in [5, 5.41) is 0. The van der Waals surface area contributed by atoms with Gasteiger partial charge in [-0.25, -0.2) is 0 Å². The SMILES string of the molecule is Cn1cccc1C(=O)N1CCCC1c1cccc(CN2CCCC2)n1. The molecule has 4 heterocycles. The van der Waals surface area contributed by atoms with Crippen LogP contribution in [0.15, 0.2) is 36.5 Å². The number of likely N-dealkylation sites (tertiary alicyclic amines) is 2. The zero-order valence-electron chi connectivity index (χ0n) is 14.9. The molecule has 0 aliphatic carbocycles. The number of pyridine rings is 1. The molecule has 2 saturated heterocycles. The van der Waals surface area contributed by atoms with Gasteiger partial charge in [-0.05, 0) is 63.0 Å². The van der Waals surface area contributed by atoms with Crippen molar-refractivity contribution in [2.45, 2.75) is 38.3 Å². The molecule has 0 aromatic carbocycles. The molecule has 1 unspecified atom stereocenters. The monoisotopic (exact) mass is 338 g/mol. The average molecular weight is 338 g/mol. The zero-order chi connectivity index (χ0) is 17.2. The summed E-state index contributed by atoms with van der Waals surface area (Å²) < 4.78 is 1.90. The van der Waals surface area contributed by atoms with Gasteiger partial charge in [-0.3, -0.25) is 14.7 Å². The number of hydrogen-bond acceptors (Lipinski definition) is 3. The third-order valence-corrected chi connectivity index (χ3v) is 5.43. The minimum Gasteiger partial charge on any atom is -0.347 e. The van der Waals surface area contributed by atoms with Crippen molar-refractivity contribution in [3.8, 4) is 0 Å². The Morgan fingerprint density at radius 2 is 1.96 bits per heavy atom. The van der Waals surface area contributed by atoms with Gasteiger partial charge in [-0.1, -0.05) is 6.07 Å². The molecule has 0 N–H and O–H groups in total. The van der Waals surface area contributed by atoms with E-state index in [9.17, 15) is 4.79 Å². The highest BCUT2D eigenvalue weighted by Gasteiger charge is 2.32. The predicted octanol–water partition coefficient (Wildman–Crippen LogP) is 2.99. The molecule has 0 saturated carbocycles. The molecule has 132 valence electrons. The van der Waals surface area contributed by atoms with E-state index in [1.807, 2.05) is 34.8 Å². The fraction of sp³-hybridized carbons (Fsp3) is 0.500. The van der Waals surface area contributed by atoms with E-state index in [4.69, 9.17) is 4.98 Å². The van der Waals surface area contributed by atoms with Gasteiger partial charge in [0.25, 0.3) is 5.91 Å². The van der Waals surface area contributed by atoms with Crippen LogP contribution >= 0.6 is 0 Å². The molecule has 4 rings (SSSR count). The van der Waals surface area contributed by atoms with E-state index in [1.165, 1.54) is 25.9 Å². The Balaban J connectivity index is 1.53. The highest BCUT2D eigenvalue weighted by Crippen LogP contribution is 2.32. The third-order valence-electron chi connectivity index (χ3n) is 5.43. The summed E-state index contributed by atoms with van der Waals surface area (Å²) in [7, 11) is 1.92. The summed E-state index contributed by atoms with van der Waals surface area (Å²) in [4.78, 5) is 22.3. The second-order valence-electron chi connectivity index (χ2n) is 7.20. The molecular formula is C20H26N4O. The first-order valence-electron chi connectivity index (χ1n) is 9.33. The van der Waals surface area contributed by atoms with Crippen molar-refractivity contribution in [1.29, 1.82) is 0 Å². The first-order chi connectivity index (χ1) is 12.2. The van der Waals surface area contributed by atoms with Crippen LogP contribution in [0.1, 0.15) is 53.6 Å². The molecule has 25 heavy (non-hydrogen) atoms. The minimum atomic E-state index is 0.0981. The van der Waals surface area contributed by atoms with Gasteiger partial charge in [-0.2, -0.15) is 0 Å². The third kappa shape index (κ3) is 3.33. The van der Waals surface area contributed by atoms with Gasteiger partial charge in [0.2, 0.25) is 0 Å². The second kappa shape index (κ2) is 7.00. The maximum atomic E-state index is 12.9. The first-order valence-corrected chi connectivity index (χ1v) is 9.33. The molecule has 2 fully saturated rings. The second-order valence-corrected chi connectivity index (χ2v) is 7.20. The molecule has 5 nitrogen and oxygen atoms in total. The van der Waals surface area contributed by atoms with E-state index in [1.54, 1.807) is 0 Å². The van der Waals surface area contributed by atoms with E-state index < -0.39 is 0 Å². The molecular weight excluding hydrogens is 312 g/mol. The Morgan fingerprint density at radius 3 is 2.72 bits per heavy atom. The Hall–Kier alpha value is -2.14. The van der Waals surface area contributed by atoms with Crippen molar-refractivity contribution in [2.24, 2.45) is 7.05 Å². The van der Waals surface area contributed by atoms with E-state index in [-0.39, 0.29) is 11.9 Å². The van der Waals surface area contributed by atoms with Crippen LogP contribution in [0.5, 0.6) is 0 Å². The van der Waals surface area contributed by atoms with Gasteiger partial charge >= 0.3 is 0 Å². The lowest BCUT2D eigenvalue weighted by Crippen LogP contribution is -2.32. The largest absolute Gasteiger partial charge is 0.347 e. The van der Waals surface area contributed by atoms with E-state index in [0.29, 0.717) is 0 Å². The van der Waals surface area contributed by atoms with Crippen molar-refractivity contribution in [3.63, 3.8) is 0 Å². The van der Waals surface area contributed by atoms with Crippen LogP contribution in [0.25, 0.3) is 0 Å². The zero-order valence-corrected chi connectivity index (χ0v) is 14.9. The predicted molar refractivity (Wildman–Crippen MR) is 97.2 cm³/mol. The lowest BCUT2D eigenvalue weighted by molar-refractivity contribution is 0.0723. The van der Waals surface area contributed by atoms with Crippen molar-refractivity contribution >= 4 is 5.91 Å². The molecule has 1 amide bonds. The Bertz CT molecular complexity index is 748. The quantitative estimate of drug-likeness (QED) is 0.860. The average Bonchev–Trinajstić information content (AvgIpc) is 3.36.